The molecule has 0 heterocycles. The molecule has 1 unspecified atom stereocenters. The molecule has 0 spiro atoms. The SMILES string of the molecule is COC(=O)CC(C)NC(=O)COc1ccc2ccccc2c1. The Kier molecular flexibility index (Phi) is 5.36. The van der Waals surface area contributed by atoms with E-state index >= 15 is 0 Å². The lowest BCUT2D eigenvalue weighted by atomic mass is 10.1. The summed E-state index contributed by atoms with van der Waals surface area (Å²) in [4.78, 5) is 22.9. The molecule has 0 aliphatic carbocycles. The summed E-state index contributed by atoms with van der Waals surface area (Å²) in [6.45, 7) is 1.65. The van der Waals surface area contributed by atoms with Crippen molar-refractivity contribution < 1.29 is 19.1 Å². The molecule has 22 heavy (non-hydrogen) atoms. The third kappa shape index (κ3) is 4.48. The number of fused-ring (bicyclic) bond motifs is 1. The highest BCUT2D eigenvalue weighted by Crippen LogP contribution is 2.20. The van der Waals surface area contributed by atoms with Crippen molar-refractivity contribution in [3.63, 3.8) is 0 Å². The molecule has 5 heteroatoms. The molecule has 2 aromatic rings. The van der Waals surface area contributed by atoms with Crippen LogP contribution in [0.2, 0.25) is 0 Å². The van der Waals surface area contributed by atoms with Crippen molar-refractivity contribution in [2.75, 3.05) is 13.7 Å². The molecule has 0 fully saturated rings. The molecule has 0 saturated heterocycles. The van der Waals surface area contributed by atoms with Crippen molar-refractivity contribution in [3.05, 3.63) is 42.5 Å². The van der Waals surface area contributed by atoms with Crippen molar-refractivity contribution in [1.29, 1.82) is 0 Å². The van der Waals surface area contributed by atoms with Gasteiger partial charge in [-0.15, -0.1) is 0 Å². The molecule has 0 aromatic heterocycles. The maximum atomic E-state index is 11.8. The van der Waals surface area contributed by atoms with Crippen LogP contribution in [0.25, 0.3) is 10.8 Å². The van der Waals surface area contributed by atoms with Gasteiger partial charge in [0.2, 0.25) is 0 Å². The van der Waals surface area contributed by atoms with E-state index in [1.807, 2.05) is 42.5 Å². The Bertz CT molecular complexity index is 669. The number of esters is 1. The van der Waals surface area contributed by atoms with Crippen LogP contribution in [0.15, 0.2) is 42.5 Å². The Labute approximate surface area is 129 Å². The number of ether oxygens (including phenoxy) is 2. The first-order chi connectivity index (χ1) is 10.6. The van der Waals surface area contributed by atoms with Gasteiger partial charge in [-0.2, -0.15) is 0 Å². The van der Waals surface area contributed by atoms with Gasteiger partial charge < -0.3 is 14.8 Å². The molecule has 0 bridgehead atoms. The number of amides is 1. The van der Waals surface area contributed by atoms with E-state index in [0.717, 1.165) is 10.8 Å². The summed E-state index contributed by atoms with van der Waals surface area (Å²) in [5.74, 6) is 0.00211. The Morgan fingerprint density at radius 3 is 2.59 bits per heavy atom. The van der Waals surface area contributed by atoms with Gasteiger partial charge in [-0.3, -0.25) is 9.59 Å². The molecule has 1 atom stereocenters. The van der Waals surface area contributed by atoms with Crippen LogP contribution in [0.5, 0.6) is 5.75 Å². The van der Waals surface area contributed by atoms with E-state index < -0.39 is 0 Å². The molecule has 1 amide bonds. The topological polar surface area (TPSA) is 64.6 Å². The minimum Gasteiger partial charge on any atom is -0.484 e. The monoisotopic (exact) mass is 301 g/mol. The minimum atomic E-state index is -0.358. The smallest absolute Gasteiger partial charge is 0.307 e. The predicted molar refractivity (Wildman–Crippen MR) is 83.7 cm³/mol. The molecule has 0 aliphatic rings. The standard InChI is InChI=1S/C17H19NO4/c1-12(9-17(20)21-2)18-16(19)11-22-15-8-7-13-5-3-4-6-14(13)10-15/h3-8,10,12H,9,11H2,1-2H3,(H,18,19). The molecule has 1 N–H and O–H groups in total. The summed E-state index contributed by atoms with van der Waals surface area (Å²) >= 11 is 0. The number of hydrogen-bond acceptors (Lipinski definition) is 4. The van der Waals surface area contributed by atoms with E-state index in [-0.39, 0.29) is 30.9 Å². The average molecular weight is 301 g/mol. The fourth-order valence-corrected chi connectivity index (χ4v) is 2.11. The summed E-state index contributed by atoms with van der Waals surface area (Å²) in [5.41, 5.74) is 0. The van der Waals surface area contributed by atoms with Crippen LogP contribution in [0.3, 0.4) is 0 Å². The Morgan fingerprint density at radius 1 is 1.14 bits per heavy atom. The molecule has 0 radical (unpaired) electrons. The van der Waals surface area contributed by atoms with Gasteiger partial charge in [0, 0.05) is 6.04 Å². The highest BCUT2D eigenvalue weighted by molar-refractivity contribution is 5.84. The molecule has 0 saturated carbocycles. The third-order valence-corrected chi connectivity index (χ3v) is 3.20. The van der Waals surface area contributed by atoms with Crippen LogP contribution in [0.4, 0.5) is 0 Å². The number of methoxy groups -OCH3 is 1. The summed E-state index contributed by atoms with van der Waals surface area (Å²) in [5, 5.41) is 4.86. The van der Waals surface area contributed by atoms with Gasteiger partial charge in [-0.05, 0) is 29.8 Å². The third-order valence-electron chi connectivity index (χ3n) is 3.20. The molecular formula is C17H19NO4. The summed E-state index contributed by atoms with van der Waals surface area (Å²) in [7, 11) is 1.32. The normalized spacial score (nSPS) is 11.7. The van der Waals surface area contributed by atoms with E-state index in [2.05, 4.69) is 10.1 Å². The molecule has 5 nitrogen and oxygen atoms in total. The number of rotatable bonds is 6. The van der Waals surface area contributed by atoms with E-state index in [1.54, 1.807) is 6.92 Å². The van der Waals surface area contributed by atoms with Crippen LogP contribution in [0, 0.1) is 0 Å². The van der Waals surface area contributed by atoms with Crippen molar-refractivity contribution in [3.8, 4) is 5.75 Å². The zero-order chi connectivity index (χ0) is 15.9. The lowest BCUT2D eigenvalue weighted by Crippen LogP contribution is -2.37. The fourth-order valence-electron chi connectivity index (χ4n) is 2.11. The average Bonchev–Trinajstić information content (AvgIpc) is 2.52. The maximum Gasteiger partial charge on any atom is 0.307 e. The van der Waals surface area contributed by atoms with E-state index in [4.69, 9.17) is 4.74 Å². The fraction of sp³-hybridized carbons (Fsp3) is 0.294. The van der Waals surface area contributed by atoms with Crippen LogP contribution in [0.1, 0.15) is 13.3 Å². The second kappa shape index (κ2) is 7.45. The van der Waals surface area contributed by atoms with Crippen LogP contribution in [-0.2, 0) is 14.3 Å². The molecule has 2 aromatic carbocycles. The molecule has 0 aliphatic heterocycles. The summed E-state index contributed by atoms with van der Waals surface area (Å²) in [6.07, 6.45) is 0.137. The number of carbonyl (C=O) groups is 2. The number of hydrogen-bond donors (Lipinski definition) is 1. The van der Waals surface area contributed by atoms with Crippen molar-refractivity contribution in [1.82, 2.24) is 5.32 Å². The van der Waals surface area contributed by atoms with E-state index in [1.165, 1.54) is 7.11 Å². The highest BCUT2D eigenvalue weighted by Gasteiger charge is 2.12. The number of benzene rings is 2. The van der Waals surface area contributed by atoms with Gasteiger partial charge in [-0.25, -0.2) is 0 Å². The zero-order valence-corrected chi connectivity index (χ0v) is 12.7. The Morgan fingerprint density at radius 2 is 1.86 bits per heavy atom. The number of carbonyl (C=O) groups excluding carboxylic acids is 2. The second-order valence-corrected chi connectivity index (χ2v) is 5.05. The van der Waals surface area contributed by atoms with Crippen molar-refractivity contribution in [2.24, 2.45) is 0 Å². The quantitative estimate of drug-likeness (QED) is 0.831. The van der Waals surface area contributed by atoms with Gasteiger partial charge in [0.15, 0.2) is 6.61 Å². The van der Waals surface area contributed by atoms with Gasteiger partial charge in [0.05, 0.1) is 13.5 Å². The molecule has 2 rings (SSSR count). The first-order valence-electron chi connectivity index (χ1n) is 7.06. The van der Waals surface area contributed by atoms with E-state index in [9.17, 15) is 9.59 Å². The highest BCUT2D eigenvalue weighted by atomic mass is 16.5. The first kappa shape index (κ1) is 15.8. The largest absolute Gasteiger partial charge is 0.484 e. The lowest BCUT2D eigenvalue weighted by Gasteiger charge is -2.13. The second-order valence-electron chi connectivity index (χ2n) is 5.05. The van der Waals surface area contributed by atoms with Gasteiger partial charge in [0.25, 0.3) is 5.91 Å². The lowest BCUT2D eigenvalue weighted by molar-refractivity contribution is -0.141. The van der Waals surface area contributed by atoms with Crippen molar-refractivity contribution >= 4 is 22.6 Å². The van der Waals surface area contributed by atoms with Crippen LogP contribution in [-0.4, -0.2) is 31.6 Å². The first-order valence-corrected chi connectivity index (χ1v) is 7.06. The predicted octanol–water partition coefficient (Wildman–Crippen LogP) is 2.29. The number of nitrogens with one attached hydrogen (secondary N) is 1. The van der Waals surface area contributed by atoms with Gasteiger partial charge in [0.1, 0.15) is 5.75 Å². The van der Waals surface area contributed by atoms with Crippen LogP contribution < -0.4 is 10.1 Å². The summed E-state index contributed by atoms with van der Waals surface area (Å²) < 4.78 is 10.0. The summed E-state index contributed by atoms with van der Waals surface area (Å²) in [6, 6.07) is 13.3. The minimum absolute atomic E-state index is 0.0934. The van der Waals surface area contributed by atoms with Gasteiger partial charge in [-0.1, -0.05) is 30.3 Å². The Hall–Kier alpha value is -2.56. The van der Waals surface area contributed by atoms with E-state index in [0.29, 0.717) is 5.75 Å². The Balaban J connectivity index is 1.85. The molecular weight excluding hydrogens is 282 g/mol. The maximum absolute atomic E-state index is 11.8. The zero-order valence-electron chi connectivity index (χ0n) is 12.7. The van der Waals surface area contributed by atoms with Crippen molar-refractivity contribution in [2.45, 2.75) is 19.4 Å². The molecule has 116 valence electrons. The van der Waals surface area contributed by atoms with Crippen LogP contribution >= 0.6 is 0 Å². The van der Waals surface area contributed by atoms with Gasteiger partial charge >= 0.3 is 5.97 Å².